The van der Waals surface area contributed by atoms with Crippen molar-refractivity contribution >= 4 is 19.7 Å². The van der Waals surface area contributed by atoms with E-state index >= 15 is 0 Å². The Hall–Kier alpha value is -0.950. The maximum atomic E-state index is 11.1. The highest BCUT2D eigenvalue weighted by molar-refractivity contribution is 7.46. The van der Waals surface area contributed by atoms with Gasteiger partial charge in [-0.2, -0.15) is 0 Å². The molecule has 0 saturated carbocycles. The molecule has 0 aliphatic carbocycles. The van der Waals surface area contributed by atoms with Gasteiger partial charge in [-0.1, -0.05) is 0 Å². The first kappa shape index (κ1) is 14.1. The summed E-state index contributed by atoms with van der Waals surface area (Å²) < 4.78 is 14.2. The average Bonchev–Trinajstić information content (AvgIpc) is 2.01. The van der Waals surface area contributed by atoms with Gasteiger partial charge in [-0.15, -0.1) is 0 Å². The fourth-order valence-electron chi connectivity index (χ4n) is 0.847. The molecule has 5 N–H and O–H groups in total. The van der Waals surface area contributed by atoms with Gasteiger partial charge in [-0.3, -0.25) is 14.6 Å². The third-order valence-electron chi connectivity index (χ3n) is 1.52. The lowest BCUT2D eigenvalue weighted by molar-refractivity contribution is -0.138. The van der Waals surface area contributed by atoms with Crippen LogP contribution in [0.3, 0.4) is 0 Å². The molecule has 0 aliphatic heterocycles. The number of phosphoric ester groups is 1. The molecule has 0 aromatic heterocycles. The molecular weight excluding hydrogens is 227 g/mol. The zero-order valence-corrected chi connectivity index (χ0v) is 8.94. The first-order chi connectivity index (χ1) is 6.76. The van der Waals surface area contributed by atoms with Crippen LogP contribution in [0.5, 0.6) is 0 Å². The quantitative estimate of drug-likeness (QED) is 0.413. The predicted molar refractivity (Wildman–Crippen MR) is 49.4 cm³/mol. The van der Waals surface area contributed by atoms with E-state index in [1.54, 1.807) is 0 Å². The van der Waals surface area contributed by atoms with E-state index in [1.807, 2.05) is 0 Å². The van der Waals surface area contributed by atoms with Crippen LogP contribution in [0.1, 0.15) is 12.8 Å². The number of amides is 1. The number of phosphoric acid groups is 1. The maximum absolute atomic E-state index is 11.1. The summed E-state index contributed by atoms with van der Waals surface area (Å²) in [6.07, 6.45) is -0.0631. The van der Waals surface area contributed by atoms with Crippen molar-refractivity contribution in [1.29, 1.82) is 0 Å². The van der Waals surface area contributed by atoms with Crippen LogP contribution in [-0.4, -0.2) is 34.8 Å². The molecule has 0 radical (unpaired) electrons. The Balaban J connectivity index is 4.23. The summed E-state index contributed by atoms with van der Waals surface area (Å²) in [6.45, 7) is 0. The van der Waals surface area contributed by atoms with Gasteiger partial charge in [0, 0.05) is 6.42 Å². The largest absolute Gasteiger partial charge is 0.527 e. The minimum atomic E-state index is -4.84. The van der Waals surface area contributed by atoms with Crippen LogP contribution in [0.25, 0.3) is 0 Å². The number of carbonyl (C=O) groups is 2. The fraction of sp³-hybridized carbons (Fsp3) is 0.667. The fourth-order valence-corrected chi connectivity index (χ4v) is 1.21. The summed E-state index contributed by atoms with van der Waals surface area (Å²) in [7, 11) is -3.45. The minimum Gasteiger partial charge on any atom is -0.370 e. The van der Waals surface area contributed by atoms with Crippen LogP contribution in [0.4, 0.5) is 0 Å². The van der Waals surface area contributed by atoms with Crippen molar-refractivity contribution in [3.8, 4) is 0 Å². The Kier molecular flexibility index (Phi) is 5.45. The van der Waals surface area contributed by atoms with Crippen molar-refractivity contribution in [1.82, 2.24) is 5.32 Å². The topological polar surface area (TPSA) is 139 Å². The van der Waals surface area contributed by atoms with Gasteiger partial charge in [0.15, 0.2) is 0 Å². The van der Waals surface area contributed by atoms with E-state index in [4.69, 9.17) is 15.5 Å². The summed E-state index contributed by atoms with van der Waals surface area (Å²) in [5.41, 5.74) is 4.85. The normalized spacial score (nSPS) is 13.3. The predicted octanol–water partition coefficient (Wildman–Crippen LogP) is -1.52. The van der Waals surface area contributed by atoms with E-state index in [0.29, 0.717) is 0 Å². The highest BCUT2D eigenvalue weighted by Gasteiger charge is 2.26. The van der Waals surface area contributed by atoms with Gasteiger partial charge in [0.25, 0.3) is 0 Å². The van der Waals surface area contributed by atoms with Crippen LogP contribution < -0.4 is 11.1 Å². The molecule has 0 aromatic rings. The second-order valence-corrected chi connectivity index (χ2v) is 3.91. The van der Waals surface area contributed by atoms with Crippen molar-refractivity contribution in [2.24, 2.45) is 5.73 Å². The summed E-state index contributed by atoms with van der Waals surface area (Å²) in [5.74, 6) is -1.73. The first-order valence-electron chi connectivity index (χ1n) is 4.01. The second-order valence-electron chi connectivity index (χ2n) is 2.75. The summed E-state index contributed by atoms with van der Waals surface area (Å²) >= 11 is 0. The van der Waals surface area contributed by atoms with Crippen molar-refractivity contribution < 1.29 is 28.5 Å². The molecule has 8 nitrogen and oxygen atoms in total. The summed E-state index contributed by atoms with van der Waals surface area (Å²) in [5, 5.41) is 2.45. The number of hydrogen-bond acceptors (Lipinski definition) is 5. The molecule has 15 heavy (non-hydrogen) atoms. The molecule has 9 heteroatoms. The van der Waals surface area contributed by atoms with Crippen molar-refractivity contribution in [2.45, 2.75) is 18.9 Å². The van der Waals surface area contributed by atoms with E-state index in [2.05, 4.69) is 9.84 Å². The lowest BCUT2D eigenvalue weighted by Crippen LogP contribution is -2.36. The maximum Gasteiger partial charge on any atom is 0.527 e. The smallest absolute Gasteiger partial charge is 0.370 e. The van der Waals surface area contributed by atoms with Crippen LogP contribution in [-0.2, 0) is 18.7 Å². The molecule has 0 saturated heterocycles. The molecule has 0 spiro atoms. The highest BCUT2D eigenvalue weighted by Crippen LogP contribution is 2.36. The van der Waals surface area contributed by atoms with E-state index in [9.17, 15) is 14.2 Å². The zero-order valence-electron chi connectivity index (χ0n) is 8.04. The van der Waals surface area contributed by atoms with E-state index in [1.165, 1.54) is 7.05 Å². The molecule has 88 valence electrons. The SMILES string of the molecule is CN[C@@H](CCC(N)=O)C(=O)OP(=O)(O)O. The third kappa shape index (κ3) is 7.03. The standard InChI is InChI=1S/C6H13N2O6P/c1-8-4(2-3-5(7)9)6(10)14-15(11,12)13/h4,8H,2-3H2,1H3,(H2,7,9)(H2,11,12,13)/t4-/m0/s1. The molecule has 1 atom stereocenters. The van der Waals surface area contributed by atoms with E-state index in [0.717, 1.165) is 0 Å². The number of carbonyl (C=O) groups excluding carboxylic acids is 2. The molecular formula is C6H13N2O6P. The number of nitrogens with two attached hydrogens (primary N) is 1. The highest BCUT2D eigenvalue weighted by atomic mass is 31.2. The monoisotopic (exact) mass is 240 g/mol. The number of primary amides is 1. The average molecular weight is 240 g/mol. The Morgan fingerprint density at radius 3 is 2.40 bits per heavy atom. The Bertz CT molecular complexity index is 287. The van der Waals surface area contributed by atoms with Gasteiger partial charge in [0.1, 0.15) is 6.04 Å². The second kappa shape index (κ2) is 5.82. The van der Waals surface area contributed by atoms with Gasteiger partial charge in [0.05, 0.1) is 0 Å². The van der Waals surface area contributed by atoms with Crippen LogP contribution >= 0.6 is 7.82 Å². The third-order valence-corrected chi connectivity index (χ3v) is 1.94. The lowest BCUT2D eigenvalue weighted by atomic mass is 10.1. The van der Waals surface area contributed by atoms with E-state index in [-0.39, 0.29) is 12.8 Å². The van der Waals surface area contributed by atoms with Crippen molar-refractivity contribution in [3.63, 3.8) is 0 Å². The molecule has 0 heterocycles. The number of hydrogen-bond donors (Lipinski definition) is 4. The van der Waals surface area contributed by atoms with Crippen molar-refractivity contribution in [3.05, 3.63) is 0 Å². The van der Waals surface area contributed by atoms with Crippen LogP contribution in [0, 0.1) is 0 Å². The van der Waals surface area contributed by atoms with Gasteiger partial charge in [-0.05, 0) is 13.5 Å². The zero-order chi connectivity index (χ0) is 12.1. The van der Waals surface area contributed by atoms with Gasteiger partial charge in [0.2, 0.25) is 5.91 Å². The summed E-state index contributed by atoms with van der Waals surface area (Å²) in [6, 6.07) is -0.967. The molecule has 1 amide bonds. The van der Waals surface area contributed by atoms with Crippen LogP contribution in [0.15, 0.2) is 0 Å². The molecule has 0 aromatic carbocycles. The molecule has 0 bridgehead atoms. The lowest BCUT2D eigenvalue weighted by Gasteiger charge is -2.14. The Morgan fingerprint density at radius 1 is 1.53 bits per heavy atom. The number of likely N-dealkylation sites (N-methyl/N-ethyl adjacent to an activating group) is 1. The van der Waals surface area contributed by atoms with Gasteiger partial charge < -0.3 is 15.6 Å². The molecule has 0 unspecified atom stereocenters. The van der Waals surface area contributed by atoms with Crippen LogP contribution in [0.2, 0.25) is 0 Å². The number of nitrogens with one attached hydrogen (secondary N) is 1. The Labute approximate surface area is 86.0 Å². The Morgan fingerprint density at radius 2 is 2.07 bits per heavy atom. The minimum absolute atomic E-state index is 0.0185. The number of rotatable bonds is 6. The van der Waals surface area contributed by atoms with E-state index < -0.39 is 25.7 Å². The van der Waals surface area contributed by atoms with Gasteiger partial charge >= 0.3 is 13.8 Å². The first-order valence-corrected chi connectivity index (χ1v) is 5.54. The van der Waals surface area contributed by atoms with Crippen molar-refractivity contribution in [2.75, 3.05) is 7.05 Å². The van der Waals surface area contributed by atoms with Gasteiger partial charge in [-0.25, -0.2) is 9.36 Å². The molecule has 0 rings (SSSR count). The molecule has 0 aliphatic rings. The molecule has 0 fully saturated rings. The summed E-state index contributed by atoms with van der Waals surface area (Å²) in [4.78, 5) is 38.2.